The second-order valence-corrected chi connectivity index (χ2v) is 4.85. The van der Waals surface area contributed by atoms with Crippen LogP contribution in [0.5, 0.6) is 5.75 Å². The molecule has 0 saturated carbocycles. The van der Waals surface area contributed by atoms with Gasteiger partial charge in [0.2, 0.25) is 0 Å². The van der Waals surface area contributed by atoms with Gasteiger partial charge in [-0.15, -0.1) is 11.8 Å². The number of thioether (sulfide) groups is 1. The first-order valence-corrected chi connectivity index (χ1v) is 6.69. The Labute approximate surface area is 106 Å². The van der Waals surface area contributed by atoms with Crippen LogP contribution in [0, 0.1) is 0 Å². The summed E-state index contributed by atoms with van der Waals surface area (Å²) in [7, 11) is 0. The van der Waals surface area contributed by atoms with Crippen LogP contribution in [0.4, 0.5) is 0 Å². The molecule has 0 aliphatic heterocycles. The Bertz CT molecular complexity index is 482. The van der Waals surface area contributed by atoms with Gasteiger partial charge in [-0.25, -0.2) is 4.98 Å². The maximum atomic E-state index is 9.67. The predicted octanol–water partition coefficient (Wildman–Crippen LogP) is 3.29. The molecule has 0 amide bonds. The molecule has 2 rings (SSSR count). The zero-order valence-corrected chi connectivity index (χ0v) is 10.7. The van der Waals surface area contributed by atoms with Gasteiger partial charge in [-0.1, -0.05) is 19.1 Å². The van der Waals surface area contributed by atoms with E-state index < -0.39 is 0 Å². The number of imidazole rings is 1. The van der Waals surface area contributed by atoms with Crippen LogP contribution in [0.15, 0.2) is 41.7 Å². The third kappa shape index (κ3) is 3.03. The average Bonchev–Trinajstić information content (AvgIpc) is 2.76. The molecule has 0 fully saturated rings. The zero-order chi connectivity index (χ0) is 12.1. The van der Waals surface area contributed by atoms with E-state index in [0.29, 0.717) is 5.75 Å². The highest BCUT2D eigenvalue weighted by Crippen LogP contribution is 2.30. The largest absolute Gasteiger partial charge is 0.507 e. The van der Waals surface area contributed by atoms with Crippen molar-refractivity contribution in [3.8, 4) is 5.75 Å². The van der Waals surface area contributed by atoms with Crippen LogP contribution in [0.3, 0.4) is 0 Å². The summed E-state index contributed by atoms with van der Waals surface area (Å²) in [6.45, 7) is 3.15. The summed E-state index contributed by atoms with van der Waals surface area (Å²) in [5, 5.41) is 9.67. The van der Waals surface area contributed by atoms with E-state index in [4.69, 9.17) is 0 Å². The molecule has 0 spiro atoms. The van der Waals surface area contributed by atoms with Gasteiger partial charge in [0.25, 0.3) is 0 Å². The Morgan fingerprint density at radius 3 is 2.94 bits per heavy atom. The van der Waals surface area contributed by atoms with E-state index in [1.807, 2.05) is 30.7 Å². The third-order valence-electron chi connectivity index (χ3n) is 2.50. The van der Waals surface area contributed by atoms with Crippen molar-refractivity contribution in [2.24, 2.45) is 0 Å². The number of rotatable bonds is 5. The van der Waals surface area contributed by atoms with Crippen LogP contribution in [0.1, 0.15) is 19.0 Å². The minimum Gasteiger partial charge on any atom is -0.507 e. The lowest BCUT2D eigenvalue weighted by atomic mass is 10.3. The van der Waals surface area contributed by atoms with Gasteiger partial charge >= 0.3 is 0 Å². The van der Waals surface area contributed by atoms with Gasteiger partial charge < -0.3 is 9.67 Å². The highest BCUT2D eigenvalue weighted by molar-refractivity contribution is 7.98. The molecule has 90 valence electrons. The van der Waals surface area contributed by atoms with E-state index in [-0.39, 0.29) is 0 Å². The van der Waals surface area contributed by atoms with Crippen molar-refractivity contribution in [3.05, 3.63) is 42.5 Å². The van der Waals surface area contributed by atoms with Crippen molar-refractivity contribution in [1.29, 1.82) is 0 Å². The van der Waals surface area contributed by atoms with Crippen molar-refractivity contribution >= 4 is 11.8 Å². The predicted molar refractivity (Wildman–Crippen MR) is 70.2 cm³/mol. The first-order valence-electron chi connectivity index (χ1n) is 5.71. The first kappa shape index (κ1) is 12.0. The van der Waals surface area contributed by atoms with Crippen LogP contribution in [0.2, 0.25) is 0 Å². The number of benzene rings is 1. The van der Waals surface area contributed by atoms with Gasteiger partial charge in [-0.05, 0) is 18.6 Å². The van der Waals surface area contributed by atoms with E-state index in [0.717, 1.165) is 23.6 Å². The maximum Gasteiger partial charge on any atom is 0.129 e. The fourth-order valence-corrected chi connectivity index (χ4v) is 2.58. The van der Waals surface area contributed by atoms with Gasteiger partial charge in [0.05, 0.1) is 6.33 Å². The number of para-hydroxylation sites is 1. The highest BCUT2D eigenvalue weighted by atomic mass is 32.2. The summed E-state index contributed by atoms with van der Waals surface area (Å²) in [6, 6.07) is 7.42. The molecule has 2 aromatic rings. The van der Waals surface area contributed by atoms with Gasteiger partial charge in [-0.2, -0.15) is 0 Å². The topological polar surface area (TPSA) is 38.0 Å². The SMILES string of the molecule is CCCn1cncc1CSc1ccccc1O. The van der Waals surface area contributed by atoms with E-state index >= 15 is 0 Å². The Balaban J connectivity index is 2.02. The van der Waals surface area contributed by atoms with Crippen molar-refractivity contribution in [1.82, 2.24) is 9.55 Å². The van der Waals surface area contributed by atoms with Crippen molar-refractivity contribution in [2.45, 2.75) is 30.5 Å². The van der Waals surface area contributed by atoms with Gasteiger partial charge in [0.15, 0.2) is 0 Å². The van der Waals surface area contributed by atoms with E-state index in [9.17, 15) is 5.11 Å². The van der Waals surface area contributed by atoms with Gasteiger partial charge in [0.1, 0.15) is 5.75 Å². The molecule has 1 aromatic heterocycles. The monoisotopic (exact) mass is 248 g/mol. The number of aryl methyl sites for hydroxylation is 1. The number of aromatic nitrogens is 2. The molecule has 0 aliphatic rings. The fraction of sp³-hybridized carbons (Fsp3) is 0.308. The van der Waals surface area contributed by atoms with Gasteiger partial charge in [0, 0.05) is 29.1 Å². The van der Waals surface area contributed by atoms with Crippen molar-refractivity contribution < 1.29 is 5.11 Å². The molecule has 0 radical (unpaired) electrons. The molecule has 0 bridgehead atoms. The number of hydrogen-bond donors (Lipinski definition) is 1. The summed E-state index contributed by atoms with van der Waals surface area (Å²) in [4.78, 5) is 5.08. The Kier molecular flexibility index (Phi) is 4.09. The summed E-state index contributed by atoms with van der Waals surface area (Å²) < 4.78 is 2.16. The number of aromatic hydroxyl groups is 1. The molecule has 0 saturated heterocycles. The van der Waals surface area contributed by atoms with Crippen LogP contribution >= 0.6 is 11.8 Å². The Hall–Kier alpha value is -1.42. The van der Waals surface area contributed by atoms with E-state index in [1.165, 1.54) is 5.69 Å². The second kappa shape index (κ2) is 5.77. The molecule has 17 heavy (non-hydrogen) atoms. The number of hydrogen-bond acceptors (Lipinski definition) is 3. The van der Waals surface area contributed by atoms with E-state index in [2.05, 4.69) is 16.5 Å². The van der Waals surface area contributed by atoms with Crippen molar-refractivity contribution in [3.63, 3.8) is 0 Å². The number of phenols is 1. The number of nitrogens with zero attached hydrogens (tertiary/aromatic N) is 2. The van der Waals surface area contributed by atoms with Gasteiger partial charge in [-0.3, -0.25) is 0 Å². The highest BCUT2D eigenvalue weighted by Gasteiger charge is 2.04. The lowest BCUT2D eigenvalue weighted by Gasteiger charge is -2.07. The molecule has 0 aliphatic carbocycles. The summed E-state index contributed by atoms with van der Waals surface area (Å²) in [5.41, 5.74) is 1.19. The minimum atomic E-state index is 0.346. The molecular weight excluding hydrogens is 232 g/mol. The normalized spacial score (nSPS) is 10.6. The van der Waals surface area contributed by atoms with Crippen LogP contribution in [-0.2, 0) is 12.3 Å². The summed E-state index contributed by atoms with van der Waals surface area (Å²) in [6.07, 6.45) is 4.86. The van der Waals surface area contributed by atoms with E-state index in [1.54, 1.807) is 17.8 Å². The molecule has 0 atom stereocenters. The summed E-state index contributed by atoms with van der Waals surface area (Å²) in [5.74, 6) is 1.18. The zero-order valence-electron chi connectivity index (χ0n) is 9.84. The Morgan fingerprint density at radius 2 is 2.18 bits per heavy atom. The number of phenolic OH excluding ortho intramolecular Hbond substituents is 1. The van der Waals surface area contributed by atoms with Crippen LogP contribution in [0.25, 0.3) is 0 Å². The molecule has 4 heteroatoms. The van der Waals surface area contributed by atoms with Crippen LogP contribution in [-0.4, -0.2) is 14.7 Å². The lowest BCUT2D eigenvalue weighted by Crippen LogP contribution is -1.99. The molecule has 0 unspecified atom stereocenters. The molecule has 3 nitrogen and oxygen atoms in total. The van der Waals surface area contributed by atoms with Crippen LogP contribution < -0.4 is 0 Å². The minimum absolute atomic E-state index is 0.346. The third-order valence-corrected chi connectivity index (χ3v) is 3.60. The fourth-order valence-electron chi connectivity index (χ4n) is 1.64. The average molecular weight is 248 g/mol. The maximum absolute atomic E-state index is 9.67. The molecular formula is C13H16N2OS. The quantitative estimate of drug-likeness (QED) is 0.825. The lowest BCUT2D eigenvalue weighted by molar-refractivity contribution is 0.462. The standard InChI is InChI=1S/C13H16N2OS/c1-2-7-15-10-14-8-11(15)9-17-13-6-4-3-5-12(13)16/h3-6,8,10,16H,2,7,9H2,1H3. The second-order valence-electron chi connectivity index (χ2n) is 3.83. The first-order chi connectivity index (χ1) is 8.31. The molecule has 1 aromatic carbocycles. The summed E-state index contributed by atoms with van der Waals surface area (Å²) >= 11 is 1.63. The molecule has 1 N–H and O–H groups in total. The Morgan fingerprint density at radius 1 is 1.35 bits per heavy atom. The molecule has 1 heterocycles. The van der Waals surface area contributed by atoms with Crippen molar-refractivity contribution in [2.75, 3.05) is 0 Å². The smallest absolute Gasteiger partial charge is 0.129 e.